The van der Waals surface area contributed by atoms with E-state index in [1.165, 1.54) is 0 Å². The zero-order valence-corrected chi connectivity index (χ0v) is 11.7. The standard InChI is InChI=1S/C12H27N3O3/c1-4-15(5-2)10-11(16)8-13-9-12(17)14-6-7-18-3/h11,13,16H,4-10H2,1-3H3,(H,14,17). The maximum Gasteiger partial charge on any atom is 0.234 e. The number of amides is 1. The smallest absolute Gasteiger partial charge is 0.234 e. The minimum absolute atomic E-state index is 0.0814. The number of ether oxygens (including phenoxy) is 1. The number of rotatable bonds is 11. The molecule has 0 saturated heterocycles. The first-order valence-corrected chi connectivity index (χ1v) is 6.50. The van der Waals surface area contributed by atoms with Crippen molar-refractivity contribution >= 4 is 5.91 Å². The van der Waals surface area contributed by atoms with Crippen molar-refractivity contribution in [3.8, 4) is 0 Å². The molecule has 0 spiro atoms. The van der Waals surface area contributed by atoms with Gasteiger partial charge >= 0.3 is 0 Å². The molecule has 1 amide bonds. The van der Waals surface area contributed by atoms with E-state index >= 15 is 0 Å². The first kappa shape index (κ1) is 17.3. The zero-order valence-electron chi connectivity index (χ0n) is 11.7. The molecule has 0 rings (SSSR count). The Morgan fingerprint density at radius 3 is 2.61 bits per heavy atom. The van der Waals surface area contributed by atoms with E-state index in [1.54, 1.807) is 7.11 Å². The van der Waals surface area contributed by atoms with Gasteiger partial charge < -0.3 is 25.4 Å². The number of hydrogen-bond donors (Lipinski definition) is 3. The van der Waals surface area contributed by atoms with E-state index in [0.717, 1.165) is 13.1 Å². The van der Waals surface area contributed by atoms with Gasteiger partial charge in [-0.3, -0.25) is 4.79 Å². The van der Waals surface area contributed by atoms with Crippen LogP contribution in [0.1, 0.15) is 13.8 Å². The first-order valence-electron chi connectivity index (χ1n) is 6.50. The fourth-order valence-corrected chi connectivity index (χ4v) is 1.55. The largest absolute Gasteiger partial charge is 0.390 e. The number of hydrogen-bond acceptors (Lipinski definition) is 5. The number of carbonyl (C=O) groups is 1. The van der Waals surface area contributed by atoms with Gasteiger partial charge in [0.25, 0.3) is 0 Å². The third kappa shape index (κ3) is 9.35. The number of aliphatic hydroxyl groups is 1. The molecule has 0 fully saturated rings. The molecule has 0 saturated carbocycles. The number of likely N-dealkylation sites (N-methyl/N-ethyl adjacent to an activating group) is 1. The summed E-state index contributed by atoms with van der Waals surface area (Å²) >= 11 is 0. The highest BCUT2D eigenvalue weighted by Crippen LogP contribution is 1.90. The second-order valence-corrected chi connectivity index (χ2v) is 4.11. The zero-order chi connectivity index (χ0) is 13.8. The summed E-state index contributed by atoms with van der Waals surface area (Å²) < 4.78 is 4.82. The molecule has 0 aromatic carbocycles. The second-order valence-electron chi connectivity index (χ2n) is 4.11. The SMILES string of the molecule is CCN(CC)CC(O)CNCC(=O)NCCOC. The Labute approximate surface area is 110 Å². The van der Waals surface area contributed by atoms with Gasteiger partial charge in [0, 0.05) is 26.7 Å². The van der Waals surface area contributed by atoms with Crippen LogP contribution in [0.15, 0.2) is 0 Å². The number of carbonyl (C=O) groups excluding carboxylic acids is 1. The van der Waals surface area contributed by atoms with Crippen LogP contribution < -0.4 is 10.6 Å². The van der Waals surface area contributed by atoms with Gasteiger partial charge in [-0.15, -0.1) is 0 Å². The van der Waals surface area contributed by atoms with Gasteiger partial charge in [-0.1, -0.05) is 13.8 Å². The van der Waals surface area contributed by atoms with Crippen LogP contribution in [0.4, 0.5) is 0 Å². The van der Waals surface area contributed by atoms with Crippen LogP contribution in [-0.2, 0) is 9.53 Å². The number of nitrogens with zero attached hydrogens (tertiary/aromatic N) is 1. The summed E-state index contributed by atoms with van der Waals surface area (Å²) in [6.07, 6.45) is -0.448. The summed E-state index contributed by atoms with van der Waals surface area (Å²) in [6, 6.07) is 0. The molecule has 0 bridgehead atoms. The van der Waals surface area contributed by atoms with E-state index in [4.69, 9.17) is 4.74 Å². The van der Waals surface area contributed by atoms with Gasteiger partial charge in [-0.2, -0.15) is 0 Å². The Kier molecular flexibility index (Phi) is 11.0. The van der Waals surface area contributed by atoms with Crippen molar-refractivity contribution in [3.05, 3.63) is 0 Å². The van der Waals surface area contributed by atoms with Gasteiger partial charge in [0.1, 0.15) is 0 Å². The topological polar surface area (TPSA) is 73.8 Å². The predicted molar refractivity (Wildman–Crippen MR) is 71.6 cm³/mol. The van der Waals surface area contributed by atoms with Crippen LogP contribution in [0, 0.1) is 0 Å². The highest BCUT2D eigenvalue weighted by atomic mass is 16.5. The summed E-state index contributed by atoms with van der Waals surface area (Å²) in [6.45, 7) is 8.27. The summed E-state index contributed by atoms with van der Waals surface area (Å²) in [7, 11) is 1.59. The molecular weight excluding hydrogens is 234 g/mol. The van der Waals surface area contributed by atoms with E-state index in [9.17, 15) is 9.90 Å². The Balaban J connectivity index is 3.54. The maximum absolute atomic E-state index is 11.3. The first-order chi connectivity index (χ1) is 8.63. The van der Waals surface area contributed by atoms with Crippen molar-refractivity contribution < 1.29 is 14.6 Å². The molecule has 18 heavy (non-hydrogen) atoms. The molecule has 1 atom stereocenters. The molecule has 0 heterocycles. The Morgan fingerprint density at radius 1 is 1.39 bits per heavy atom. The summed E-state index contributed by atoms with van der Waals surface area (Å²) in [5, 5.41) is 15.4. The number of methoxy groups -OCH3 is 1. The average Bonchev–Trinajstić information content (AvgIpc) is 2.36. The maximum atomic E-state index is 11.3. The lowest BCUT2D eigenvalue weighted by atomic mass is 10.3. The van der Waals surface area contributed by atoms with Crippen LogP contribution in [-0.4, -0.2) is 75.0 Å². The highest BCUT2D eigenvalue weighted by molar-refractivity contribution is 5.77. The van der Waals surface area contributed by atoms with Crippen LogP contribution in [0.25, 0.3) is 0 Å². The number of nitrogens with one attached hydrogen (secondary N) is 2. The molecule has 0 radical (unpaired) electrons. The van der Waals surface area contributed by atoms with Crippen LogP contribution in [0.5, 0.6) is 0 Å². The molecule has 0 aliphatic rings. The molecule has 0 aliphatic carbocycles. The molecule has 0 aromatic rings. The third-order valence-corrected chi connectivity index (χ3v) is 2.66. The van der Waals surface area contributed by atoms with Crippen LogP contribution >= 0.6 is 0 Å². The van der Waals surface area contributed by atoms with Gasteiger partial charge in [-0.25, -0.2) is 0 Å². The Bertz CT molecular complexity index is 211. The molecular formula is C12H27N3O3. The van der Waals surface area contributed by atoms with Crippen LogP contribution in [0.3, 0.4) is 0 Å². The summed E-state index contributed by atoms with van der Waals surface area (Å²) in [5.41, 5.74) is 0. The Hall–Kier alpha value is -0.690. The lowest BCUT2D eigenvalue weighted by molar-refractivity contribution is -0.120. The molecule has 0 aliphatic heterocycles. The minimum atomic E-state index is -0.448. The van der Waals surface area contributed by atoms with E-state index < -0.39 is 6.10 Å². The van der Waals surface area contributed by atoms with Gasteiger partial charge in [-0.05, 0) is 13.1 Å². The van der Waals surface area contributed by atoms with Crippen molar-refractivity contribution in [2.45, 2.75) is 20.0 Å². The fraction of sp³-hybridized carbons (Fsp3) is 0.917. The van der Waals surface area contributed by atoms with Crippen molar-refractivity contribution in [2.24, 2.45) is 0 Å². The third-order valence-electron chi connectivity index (χ3n) is 2.66. The average molecular weight is 261 g/mol. The van der Waals surface area contributed by atoms with E-state index in [-0.39, 0.29) is 12.5 Å². The number of aliphatic hydroxyl groups excluding tert-OH is 1. The molecule has 108 valence electrons. The minimum Gasteiger partial charge on any atom is -0.390 e. The van der Waals surface area contributed by atoms with Crippen molar-refractivity contribution in [3.63, 3.8) is 0 Å². The van der Waals surface area contributed by atoms with Gasteiger partial charge in [0.05, 0.1) is 19.3 Å². The monoisotopic (exact) mass is 261 g/mol. The summed E-state index contributed by atoms with van der Waals surface area (Å²) in [4.78, 5) is 13.5. The highest BCUT2D eigenvalue weighted by Gasteiger charge is 2.09. The Morgan fingerprint density at radius 2 is 2.06 bits per heavy atom. The van der Waals surface area contributed by atoms with Crippen molar-refractivity contribution in [1.29, 1.82) is 0 Å². The van der Waals surface area contributed by atoms with Crippen molar-refractivity contribution in [2.75, 3.05) is 53.0 Å². The molecule has 0 aromatic heterocycles. The fourth-order valence-electron chi connectivity index (χ4n) is 1.55. The normalized spacial score (nSPS) is 12.7. The van der Waals surface area contributed by atoms with Crippen molar-refractivity contribution in [1.82, 2.24) is 15.5 Å². The molecule has 3 N–H and O–H groups in total. The second kappa shape index (κ2) is 11.4. The van der Waals surface area contributed by atoms with E-state index in [0.29, 0.717) is 26.2 Å². The quantitative estimate of drug-likeness (QED) is 0.418. The lowest BCUT2D eigenvalue weighted by Crippen LogP contribution is -2.42. The van der Waals surface area contributed by atoms with E-state index in [1.807, 2.05) is 0 Å². The van der Waals surface area contributed by atoms with Gasteiger partial charge in [0.2, 0.25) is 5.91 Å². The molecule has 6 heteroatoms. The van der Waals surface area contributed by atoms with E-state index in [2.05, 4.69) is 29.4 Å². The van der Waals surface area contributed by atoms with Gasteiger partial charge in [0.15, 0.2) is 0 Å². The summed E-state index contributed by atoms with van der Waals surface area (Å²) in [5.74, 6) is -0.0814. The predicted octanol–water partition coefficient (Wildman–Crippen LogP) is -0.959. The molecule has 1 unspecified atom stereocenters. The molecule has 6 nitrogen and oxygen atoms in total. The lowest BCUT2D eigenvalue weighted by Gasteiger charge is -2.21. The van der Waals surface area contributed by atoms with Crippen LogP contribution in [0.2, 0.25) is 0 Å².